The van der Waals surface area contributed by atoms with Crippen molar-refractivity contribution in [1.29, 1.82) is 0 Å². The third kappa shape index (κ3) is 4.45. The van der Waals surface area contributed by atoms with Crippen LogP contribution in [0.2, 0.25) is 0 Å². The van der Waals surface area contributed by atoms with Crippen LogP contribution in [0.3, 0.4) is 0 Å². The van der Waals surface area contributed by atoms with Crippen LogP contribution >= 0.6 is 0 Å². The van der Waals surface area contributed by atoms with E-state index >= 15 is 0 Å². The summed E-state index contributed by atoms with van der Waals surface area (Å²) < 4.78 is 5.50. The summed E-state index contributed by atoms with van der Waals surface area (Å²) >= 11 is 0. The summed E-state index contributed by atoms with van der Waals surface area (Å²) in [5.41, 5.74) is 6.60. The highest BCUT2D eigenvalue weighted by Gasteiger charge is 2.29. The highest BCUT2D eigenvalue weighted by molar-refractivity contribution is 5.79. The smallest absolute Gasteiger partial charge is 0.407 e. The lowest BCUT2D eigenvalue weighted by Crippen LogP contribution is -2.35. The Morgan fingerprint density at radius 1 is 0.935 bits per heavy atom. The van der Waals surface area contributed by atoms with E-state index in [1.165, 1.54) is 0 Å². The normalized spacial score (nSPS) is 13.2. The van der Waals surface area contributed by atoms with Gasteiger partial charge in [0.25, 0.3) is 0 Å². The summed E-state index contributed by atoms with van der Waals surface area (Å²) in [5, 5.41) is 12.2. The molecule has 0 aliphatic heterocycles. The molecule has 4 rings (SSSR count). The van der Waals surface area contributed by atoms with Gasteiger partial charge in [0.15, 0.2) is 0 Å². The molecule has 0 bridgehead atoms. The zero-order chi connectivity index (χ0) is 21.8. The predicted molar refractivity (Wildman–Crippen MR) is 119 cm³/mol. The highest BCUT2D eigenvalue weighted by Crippen LogP contribution is 2.44. The molecule has 1 atom stereocenters. The van der Waals surface area contributed by atoms with Crippen LogP contribution in [-0.4, -0.2) is 30.3 Å². The lowest BCUT2D eigenvalue weighted by atomic mass is 9.96. The quantitative estimate of drug-likeness (QED) is 0.582. The van der Waals surface area contributed by atoms with E-state index < -0.39 is 18.0 Å². The van der Waals surface area contributed by atoms with Crippen molar-refractivity contribution in [2.75, 3.05) is 13.2 Å². The summed E-state index contributed by atoms with van der Waals surface area (Å²) in [6, 6.07) is 23.9. The zero-order valence-electron chi connectivity index (χ0n) is 17.4. The third-order valence-corrected chi connectivity index (χ3v) is 5.91. The van der Waals surface area contributed by atoms with E-state index in [-0.39, 0.29) is 19.1 Å². The summed E-state index contributed by atoms with van der Waals surface area (Å²) in [6.45, 7) is 2.17. The molecule has 3 aromatic rings. The monoisotopic (exact) mass is 415 g/mol. The maximum Gasteiger partial charge on any atom is 0.407 e. The minimum atomic E-state index is -0.942. The maximum atomic E-state index is 12.3. The number of fused-ring (bicyclic) bond motifs is 3. The Morgan fingerprint density at radius 2 is 1.52 bits per heavy atom. The molecule has 2 N–H and O–H groups in total. The number of alkyl carbamates (subject to hydrolysis) is 1. The van der Waals surface area contributed by atoms with E-state index in [0.29, 0.717) is 6.42 Å². The first-order chi connectivity index (χ1) is 15.0. The number of carbonyl (C=O) groups excluding carboxylic acids is 1. The van der Waals surface area contributed by atoms with Crippen LogP contribution in [0.25, 0.3) is 11.1 Å². The SMILES string of the molecule is Cc1ccccc1C[C@H](CNC(=O)OCC1c2ccccc2-c2ccccc21)C(=O)O. The van der Waals surface area contributed by atoms with E-state index in [1.54, 1.807) is 0 Å². The first-order valence-electron chi connectivity index (χ1n) is 10.4. The molecule has 5 nitrogen and oxygen atoms in total. The van der Waals surface area contributed by atoms with Crippen LogP contribution in [-0.2, 0) is 16.0 Å². The van der Waals surface area contributed by atoms with Gasteiger partial charge >= 0.3 is 12.1 Å². The van der Waals surface area contributed by atoms with Crippen LogP contribution in [0.1, 0.15) is 28.2 Å². The summed E-state index contributed by atoms with van der Waals surface area (Å²) in [6.07, 6.45) is -0.246. The Bertz CT molecular complexity index is 1060. The second-order valence-corrected chi connectivity index (χ2v) is 7.87. The van der Waals surface area contributed by atoms with E-state index in [4.69, 9.17) is 4.74 Å². The molecule has 0 radical (unpaired) electrons. The Hall–Kier alpha value is -3.60. The number of hydrogen-bond donors (Lipinski definition) is 2. The molecule has 1 aliphatic carbocycles. The van der Waals surface area contributed by atoms with E-state index in [1.807, 2.05) is 55.5 Å². The first-order valence-corrected chi connectivity index (χ1v) is 10.4. The Labute approximate surface area is 181 Å². The molecule has 3 aromatic carbocycles. The van der Waals surface area contributed by atoms with Crippen LogP contribution in [0, 0.1) is 12.8 Å². The second kappa shape index (κ2) is 9.04. The predicted octanol–water partition coefficient (Wildman–Crippen LogP) is 4.78. The molecule has 31 heavy (non-hydrogen) atoms. The van der Waals surface area contributed by atoms with Crippen molar-refractivity contribution < 1.29 is 19.4 Å². The van der Waals surface area contributed by atoms with Gasteiger partial charge in [-0.05, 0) is 46.7 Å². The highest BCUT2D eigenvalue weighted by atomic mass is 16.5. The van der Waals surface area contributed by atoms with Crippen molar-refractivity contribution in [3.8, 4) is 11.1 Å². The molecule has 0 saturated carbocycles. The van der Waals surface area contributed by atoms with Crippen molar-refractivity contribution in [3.63, 3.8) is 0 Å². The number of benzene rings is 3. The van der Waals surface area contributed by atoms with Crippen LogP contribution < -0.4 is 5.32 Å². The molecule has 0 heterocycles. The number of carboxylic acids is 1. The van der Waals surface area contributed by atoms with Gasteiger partial charge in [-0.25, -0.2) is 4.79 Å². The molecule has 0 spiro atoms. The van der Waals surface area contributed by atoms with Crippen LogP contribution in [0.4, 0.5) is 4.79 Å². The lowest BCUT2D eigenvalue weighted by Gasteiger charge is -2.17. The van der Waals surface area contributed by atoms with Crippen LogP contribution in [0.5, 0.6) is 0 Å². The van der Waals surface area contributed by atoms with E-state index in [0.717, 1.165) is 33.4 Å². The average Bonchev–Trinajstić information content (AvgIpc) is 3.10. The van der Waals surface area contributed by atoms with E-state index in [9.17, 15) is 14.7 Å². The summed E-state index contributed by atoms with van der Waals surface area (Å²) in [7, 11) is 0. The average molecular weight is 415 g/mol. The number of amides is 1. The summed E-state index contributed by atoms with van der Waals surface area (Å²) in [5.74, 6) is -1.69. The van der Waals surface area contributed by atoms with Gasteiger partial charge in [0.1, 0.15) is 6.61 Å². The van der Waals surface area contributed by atoms with E-state index in [2.05, 4.69) is 29.6 Å². The zero-order valence-corrected chi connectivity index (χ0v) is 17.4. The fraction of sp³-hybridized carbons (Fsp3) is 0.231. The van der Waals surface area contributed by atoms with Crippen LogP contribution in [0.15, 0.2) is 72.8 Å². The Morgan fingerprint density at radius 3 is 2.13 bits per heavy atom. The molecule has 0 unspecified atom stereocenters. The summed E-state index contributed by atoms with van der Waals surface area (Å²) in [4.78, 5) is 24.0. The van der Waals surface area contributed by atoms with Crippen molar-refractivity contribution in [2.45, 2.75) is 19.3 Å². The number of hydrogen-bond acceptors (Lipinski definition) is 3. The maximum absolute atomic E-state index is 12.3. The van der Waals surface area contributed by atoms with Crippen molar-refractivity contribution in [3.05, 3.63) is 95.1 Å². The molecule has 0 aromatic heterocycles. The van der Waals surface area contributed by atoms with Gasteiger partial charge in [-0.2, -0.15) is 0 Å². The topological polar surface area (TPSA) is 75.6 Å². The molecular formula is C26H25NO4. The standard InChI is InChI=1S/C26H25NO4/c1-17-8-2-3-9-18(17)14-19(25(28)29)15-27-26(30)31-16-24-22-12-6-4-10-20(22)21-11-5-7-13-23(21)24/h2-13,19,24H,14-16H2,1H3,(H,27,30)(H,28,29)/t19-/m1/s1. The molecule has 0 saturated heterocycles. The number of carboxylic acid groups (broad SMARTS) is 1. The molecule has 5 heteroatoms. The molecule has 0 fully saturated rings. The Kier molecular flexibility index (Phi) is 6.03. The number of aryl methyl sites for hydroxylation is 1. The van der Waals surface area contributed by atoms with Gasteiger partial charge in [-0.15, -0.1) is 0 Å². The third-order valence-electron chi connectivity index (χ3n) is 5.91. The van der Waals surface area contributed by atoms with Gasteiger partial charge in [0.2, 0.25) is 0 Å². The first kappa shape index (κ1) is 20.7. The van der Waals surface area contributed by atoms with Gasteiger partial charge in [-0.3, -0.25) is 4.79 Å². The molecule has 158 valence electrons. The lowest BCUT2D eigenvalue weighted by molar-refractivity contribution is -0.141. The van der Waals surface area contributed by atoms with Crippen molar-refractivity contribution >= 4 is 12.1 Å². The van der Waals surface area contributed by atoms with Gasteiger partial charge in [-0.1, -0.05) is 72.8 Å². The number of nitrogens with one attached hydrogen (secondary N) is 1. The molecular weight excluding hydrogens is 390 g/mol. The van der Waals surface area contributed by atoms with Gasteiger partial charge in [0, 0.05) is 12.5 Å². The minimum absolute atomic E-state index is 0.0142. The molecule has 1 amide bonds. The van der Waals surface area contributed by atoms with Crippen molar-refractivity contribution in [2.24, 2.45) is 5.92 Å². The molecule has 1 aliphatic rings. The minimum Gasteiger partial charge on any atom is -0.481 e. The fourth-order valence-corrected chi connectivity index (χ4v) is 4.21. The van der Waals surface area contributed by atoms with Crippen molar-refractivity contribution in [1.82, 2.24) is 5.32 Å². The second-order valence-electron chi connectivity index (χ2n) is 7.87. The number of ether oxygens (including phenoxy) is 1. The number of carbonyl (C=O) groups is 2. The van der Waals surface area contributed by atoms with Gasteiger partial charge < -0.3 is 15.2 Å². The van der Waals surface area contributed by atoms with Gasteiger partial charge in [0.05, 0.1) is 5.92 Å². The fourth-order valence-electron chi connectivity index (χ4n) is 4.21. The Balaban J connectivity index is 1.37. The number of rotatable bonds is 7. The number of aliphatic carboxylic acids is 1. The largest absolute Gasteiger partial charge is 0.481 e.